The van der Waals surface area contributed by atoms with Crippen LogP contribution in [0.4, 0.5) is 16.2 Å². The molecule has 2 amide bonds. The molecule has 0 saturated carbocycles. The minimum Gasteiger partial charge on any atom is -0.372 e. The van der Waals surface area contributed by atoms with Gasteiger partial charge >= 0.3 is 6.03 Å². The van der Waals surface area contributed by atoms with Gasteiger partial charge < -0.3 is 15.5 Å². The van der Waals surface area contributed by atoms with Gasteiger partial charge in [0.1, 0.15) is 0 Å². The van der Waals surface area contributed by atoms with Crippen molar-refractivity contribution < 1.29 is 4.79 Å². The van der Waals surface area contributed by atoms with Crippen LogP contribution in [0.5, 0.6) is 0 Å². The maximum absolute atomic E-state index is 12.2. The van der Waals surface area contributed by atoms with Crippen LogP contribution in [0.1, 0.15) is 32.2 Å². The van der Waals surface area contributed by atoms with Gasteiger partial charge in [0.15, 0.2) is 0 Å². The molecule has 0 aliphatic rings. The summed E-state index contributed by atoms with van der Waals surface area (Å²) in [4.78, 5) is 14.3. The average molecular weight is 329 g/mol. The molecule has 0 radical (unpaired) electrons. The Balaban J connectivity index is 1.91. The van der Waals surface area contributed by atoms with Gasteiger partial charge in [0.2, 0.25) is 0 Å². The molecule has 1 atom stereocenters. The second-order valence-corrected chi connectivity index (χ2v) is 6.50. The Morgan fingerprint density at radius 3 is 2.67 bits per heavy atom. The summed E-state index contributed by atoms with van der Waals surface area (Å²) < 4.78 is 0. The van der Waals surface area contributed by atoms with E-state index in [2.05, 4.69) is 39.6 Å². The topological polar surface area (TPSA) is 73.1 Å². The van der Waals surface area contributed by atoms with Gasteiger partial charge in [0, 0.05) is 42.6 Å². The first-order valence-electron chi connectivity index (χ1n) is 8.26. The van der Waals surface area contributed by atoms with Crippen molar-refractivity contribution in [3.63, 3.8) is 0 Å². The molecule has 6 heteroatoms. The summed E-state index contributed by atoms with van der Waals surface area (Å²) in [5, 5.41) is 12.9. The standard InChI is InChI=1S/C18H27N5O/c1-12(2)23(5)17-8-6-7-15(11-17)20-18(24)19-13(3)9-16-10-14(4)21-22-16/h6-8,10-13H,9H2,1-5H3,(H,21,22)(H2,19,20,24)/t13-/m1/s1. The Morgan fingerprint density at radius 2 is 2.04 bits per heavy atom. The number of aryl methyl sites for hydroxylation is 1. The zero-order valence-corrected chi connectivity index (χ0v) is 15.1. The molecule has 130 valence electrons. The number of aromatic amines is 1. The number of urea groups is 1. The third-order valence-electron chi connectivity index (χ3n) is 3.94. The van der Waals surface area contributed by atoms with E-state index in [1.165, 1.54) is 0 Å². The Bertz CT molecular complexity index is 680. The number of amides is 2. The highest BCUT2D eigenvalue weighted by Gasteiger charge is 2.11. The molecule has 1 aromatic carbocycles. The second kappa shape index (κ2) is 7.86. The van der Waals surface area contributed by atoms with Gasteiger partial charge in [0.05, 0.1) is 5.69 Å². The number of nitrogens with one attached hydrogen (secondary N) is 3. The summed E-state index contributed by atoms with van der Waals surface area (Å²) in [5.74, 6) is 0. The van der Waals surface area contributed by atoms with Crippen molar-refractivity contribution in [2.75, 3.05) is 17.3 Å². The zero-order valence-electron chi connectivity index (χ0n) is 15.1. The van der Waals surface area contributed by atoms with Gasteiger partial charge in [-0.15, -0.1) is 0 Å². The Labute approximate surface area is 143 Å². The number of hydrogen-bond donors (Lipinski definition) is 3. The van der Waals surface area contributed by atoms with Crippen LogP contribution in [0.25, 0.3) is 0 Å². The lowest BCUT2D eigenvalue weighted by Gasteiger charge is -2.24. The molecule has 0 unspecified atom stereocenters. The normalized spacial score (nSPS) is 12.1. The summed E-state index contributed by atoms with van der Waals surface area (Å²) >= 11 is 0. The first-order valence-corrected chi connectivity index (χ1v) is 8.26. The average Bonchev–Trinajstić information content (AvgIpc) is 2.91. The largest absolute Gasteiger partial charge is 0.372 e. The first kappa shape index (κ1) is 17.8. The van der Waals surface area contributed by atoms with Crippen LogP contribution in [0, 0.1) is 6.92 Å². The van der Waals surface area contributed by atoms with Crippen LogP contribution < -0.4 is 15.5 Å². The SMILES string of the molecule is Cc1cc(C[C@@H](C)NC(=O)Nc2cccc(N(C)C(C)C)c2)n[nH]1. The van der Waals surface area contributed by atoms with E-state index in [1.807, 2.05) is 51.2 Å². The number of hydrogen-bond acceptors (Lipinski definition) is 3. The van der Waals surface area contributed by atoms with E-state index < -0.39 is 0 Å². The molecule has 0 fully saturated rings. The van der Waals surface area contributed by atoms with E-state index >= 15 is 0 Å². The monoisotopic (exact) mass is 329 g/mol. The van der Waals surface area contributed by atoms with Crippen molar-refractivity contribution in [1.82, 2.24) is 15.5 Å². The fourth-order valence-corrected chi connectivity index (χ4v) is 2.44. The van der Waals surface area contributed by atoms with Crippen molar-refractivity contribution in [2.45, 2.75) is 46.2 Å². The highest BCUT2D eigenvalue weighted by atomic mass is 16.2. The predicted octanol–water partition coefficient (Wildman–Crippen LogP) is 3.32. The van der Waals surface area contributed by atoms with Crippen LogP contribution in [0.3, 0.4) is 0 Å². The number of anilines is 2. The van der Waals surface area contributed by atoms with Crippen LogP contribution in [-0.4, -0.2) is 35.4 Å². The number of benzene rings is 1. The summed E-state index contributed by atoms with van der Waals surface area (Å²) in [6, 6.07) is 10.0. The third kappa shape index (κ3) is 5.01. The molecule has 3 N–H and O–H groups in total. The highest BCUT2D eigenvalue weighted by molar-refractivity contribution is 5.90. The van der Waals surface area contributed by atoms with E-state index in [4.69, 9.17) is 0 Å². The maximum Gasteiger partial charge on any atom is 0.319 e. The molecule has 2 aromatic rings. The number of carbonyl (C=O) groups is 1. The van der Waals surface area contributed by atoms with Gasteiger partial charge in [-0.2, -0.15) is 5.10 Å². The molecule has 0 saturated heterocycles. The minimum atomic E-state index is -0.209. The van der Waals surface area contributed by atoms with E-state index in [0.29, 0.717) is 12.5 Å². The van der Waals surface area contributed by atoms with Crippen molar-refractivity contribution >= 4 is 17.4 Å². The van der Waals surface area contributed by atoms with E-state index in [9.17, 15) is 4.79 Å². The lowest BCUT2D eigenvalue weighted by molar-refractivity contribution is 0.249. The zero-order chi connectivity index (χ0) is 17.7. The summed E-state index contributed by atoms with van der Waals surface area (Å²) in [7, 11) is 2.04. The molecule has 24 heavy (non-hydrogen) atoms. The molecule has 0 bridgehead atoms. The smallest absolute Gasteiger partial charge is 0.319 e. The Hall–Kier alpha value is -2.50. The van der Waals surface area contributed by atoms with Crippen LogP contribution in [-0.2, 0) is 6.42 Å². The molecular weight excluding hydrogens is 302 g/mol. The molecule has 2 rings (SSSR count). The van der Waals surface area contributed by atoms with E-state index in [1.54, 1.807) is 0 Å². The molecule has 1 heterocycles. The van der Waals surface area contributed by atoms with Crippen LogP contribution in [0.15, 0.2) is 30.3 Å². The maximum atomic E-state index is 12.2. The molecule has 1 aromatic heterocycles. The van der Waals surface area contributed by atoms with Crippen molar-refractivity contribution in [2.24, 2.45) is 0 Å². The highest BCUT2D eigenvalue weighted by Crippen LogP contribution is 2.20. The molecule has 6 nitrogen and oxygen atoms in total. The predicted molar refractivity (Wildman–Crippen MR) is 98.6 cm³/mol. The summed E-state index contributed by atoms with van der Waals surface area (Å²) in [5.41, 5.74) is 3.82. The van der Waals surface area contributed by atoms with Crippen LogP contribution >= 0.6 is 0 Å². The van der Waals surface area contributed by atoms with E-state index in [0.717, 1.165) is 22.8 Å². The lowest BCUT2D eigenvalue weighted by atomic mass is 10.2. The van der Waals surface area contributed by atoms with Gasteiger partial charge in [-0.25, -0.2) is 4.79 Å². The summed E-state index contributed by atoms with van der Waals surface area (Å²) in [6.07, 6.45) is 0.688. The van der Waals surface area contributed by atoms with Gasteiger partial charge in [-0.05, 0) is 52.0 Å². The fourth-order valence-electron chi connectivity index (χ4n) is 2.44. The number of rotatable bonds is 6. The van der Waals surface area contributed by atoms with Crippen LogP contribution in [0.2, 0.25) is 0 Å². The molecule has 0 aliphatic heterocycles. The Morgan fingerprint density at radius 1 is 1.29 bits per heavy atom. The lowest BCUT2D eigenvalue weighted by Crippen LogP contribution is -2.37. The van der Waals surface area contributed by atoms with Crippen molar-refractivity contribution in [1.29, 1.82) is 0 Å². The number of aromatic nitrogens is 2. The van der Waals surface area contributed by atoms with E-state index in [-0.39, 0.29) is 12.1 Å². The second-order valence-electron chi connectivity index (χ2n) is 6.50. The van der Waals surface area contributed by atoms with Gasteiger partial charge in [0.25, 0.3) is 0 Å². The molecular formula is C18H27N5O. The quantitative estimate of drug-likeness (QED) is 0.761. The van der Waals surface area contributed by atoms with Crippen molar-refractivity contribution in [3.05, 3.63) is 41.7 Å². The molecule has 0 spiro atoms. The fraction of sp³-hybridized carbons (Fsp3) is 0.444. The third-order valence-corrected chi connectivity index (χ3v) is 3.94. The Kier molecular flexibility index (Phi) is 5.84. The molecule has 0 aliphatic carbocycles. The number of H-pyrrole nitrogens is 1. The van der Waals surface area contributed by atoms with Crippen molar-refractivity contribution in [3.8, 4) is 0 Å². The first-order chi connectivity index (χ1) is 11.3. The van der Waals surface area contributed by atoms with Gasteiger partial charge in [-0.3, -0.25) is 5.10 Å². The minimum absolute atomic E-state index is 0.00535. The summed E-state index contributed by atoms with van der Waals surface area (Å²) in [6.45, 7) is 8.19. The number of nitrogens with zero attached hydrogens (tertiary/aromatic N) is 2. The number of carbonyl (C=O) groups excluding carboxylic acids is 1. The van der Waals surface area contributed by atoms with Gasteiger partial charge in [-0.1, -0.05) is 6.07 Å².